The normalized spacial score (nSPS) is 20.1. The number of nitrogens with one attached hydrogen (secondary N) is 1. The Morgan fingerprint density at radius 2 is 1.94 bits per heavy atom. The maximum absolute atomic E-state index is 5.42. The molecule has 1 aliphatic rings. The van der Waals surface area contributed by atoms with Crippen LogP contribution in [0.3, 0.4) is 0 Å². The van der Waals surface area contributed by atoms with Crippen LogP contribution in [0.2, 0.25) is 0 Å². The smallest absolute Gasteiger partial charge is 0.0480 e. The number of hydrogen-bond donors (Lipinski definition) is 1. The van der Waals surface area contributed by atoms with Crippen molar-refractivity contribution in [3.8, 4) is 0 Å². The summed E-state index contributed by atoms with van der Waals surface area (Å²) in [4.78, 5) is 2.52. The van der Waals surface area contributed by atoms with Gasteiger partial charge >= 0.3 is 0 Å². The standard InChI is InChI=1S/C14H30N2O/c1-5-8-15-14(12(2)3)11-16(4)13-6-9-17-10-7-13/h12-15H,5-11H2,1-4H3. The summed E-state index contributed by atoms with van der Waals surface area (Å²) in [5.74, 6) is 0.698. The summed E-state index contributed by atoms with van der Waals surface area (Å²) in [6, 6.07) is 1.33. The molecule has 0 aromatic carbocycles. The van der Waals surface area contributed by atoms with E-state index < -0.39 is 0 Å². The van der Waals surface area contributed by atoms with Gasteiger partial charge in [0.05, 0.1) is 0 Å². The summed E-state index contributed by atoms with van der Waals surface area (Å²) in [7, 11) is 2.26. The summed E-state index contributed by atoms with van der Waals surface area (Å²) < 4.78 is 5.42. The van der Waals surface area contributed by atoms with Crippen LogP contribution >= 0.6 is 0 Å². The summed E-state index contributed by atoms with van der Waals surface area (Å²) >= 11 is 0. The molecule has 0 spiro atoms. The van der Waals surface area contributed by atoms with Crippen molar-refractivity contribution in [1.82, 2.24) is 10.2 Å². The first-order chi connectivity index (χ1) is 8.15. The lowest BCUT2D eigenvalue weighted by atomic mass is 10.0. The third-order valence-corrected chi connectivity index (χ3v) is 3.76. The Kier molecular flexibility index (Phi) is 7.09. The number of nitrogens with zero attached hydrogens (tertiary/aromatic N) is 1. The number of ether oxygens (including phenoxy) is 1. The average molecular weight is 242 g/mol. The van der Waals surface area contributed by atoms with Crippen LogP contribution < -0.4 is 5.32 Å². The Morgan fingerprint density at radius 1 is 1.29 bits per heavy atom. The van der Waals surface area contributed by atoms with Crippen LogP contribution in [0.1, 0.15) is 40.0 Å². The van der Waals surface area contributed by atoms with E-state index in [1.165, 1.54) is 19.3 Å². The first-order valence-corrected chi connectivity index (χ1v) is 7.16. The minimum atomic E-state index is 0.614. The second-order valence-electron chi connectivity index (χ2n) is 5.59. The van der Waals surface area contributed by atoms with E-state index in [1.54, 1.807) is 0 Å². The predicted molar refractivity (Wildman–Crippen MR) is 73.4 cm³/mol. The second-order valence-corrected chi connectivity index (χ2v) is 5.59. The Morgan fingerprint density at radius 3 is 2.47 bits per heavy atom. The van der Waals surface area contributed by atoms with Gasteiger partial charge in [0.15, 0.2) is 0 Å². The molecule has 102 valence electrons. The summed E-state index contributed by atoms with van der Waals surface area (Å²) in [5.41, 5.74) is 0. The lowest BCUT2D eigenvalue weighted by Gasteiger charge is -2.35. The minimum absolute atomic E-state index is 0.614. The van der Waals surface area contributed by atoms with Crippen molar-refractivity contribution >= 4 is 0 Å². The lowest BCUT2D eigenvalue weighted by Crippen LogP contribution is -2.47. The fourth-order valence-corrected chi connectivity index (χ4v) is 2.43. The maximum Gasteiger partial charge on any atom is 0.0480 e. The molecule has 0 saturated carbocycles. The highest BCUT2D eigenvalue weighted by Crippen LogP contribution is 2.14. The van der Waals surface area contributed by atoms with Gasteiger partial charge in [-0.1, -0.05) is 20.8 Å². The Labute approximate surface area is 107 Å². The van der Waals surface area contributed by atoms with E-state index >= 15 is 0 Å². The molecule has 1 rings (SSSR count). The van der Waals surface area contributed by atoms with Crippen LogP contribution in [-0.2, 0) is 4.74 Å². The van der Waals surface area contributed by atoms with Gasteiger partial charge in [-0.15, -0.1) is 0 Å². The molecule has 0 bridgehead atoms. The fourth-order valence-electron chi connectivity index (χ4n) is 2.43. The van der Waals surface area contributed by atoms with Crippen molar-refractivity contribution in [2.24, 2.45) is 5.92 Å². The zero-order chi connectivity index (χ0) is 12.7. The Hall–Kier alpha value is -0.120. The molecule has 1 saturated heterocycles. The molecule has 1 aliphatic heterocycles. The third kappa shape index (κ3) is 5.36. The molecule has 3 nitrogen and oxygen atoms in total. The highest BCUT2D eigenvalue weighted by atomic mass is 16.5. The summed E-state index contributed by atoms with van der Waals surface area (Å²) in [5, 5.41) is 3.67. The van der Waals surface area contributed by atoms with Gasteiger partial charge in [0.25, 0.3) is 0 Å². The Balaban J connectivity index is 2.36. The number of rotatable bonds is 7. The molecule has 1 atom stereocenters. The first kappa shape index (κ1) is 14.9. The van der Waals surface area contributed by atoms with Crippen molar-refractivity contribution in [1.29, 1.82) is 0 Å². The number of hydrogen-bond acceptors (Lipinski definition) is 3. The van der Waals surface area contributed by atoms with Crippen LogP contribution in [0.25, 0.3) is 0 Å². The highest BCUT2D eigenvalue weighted by Gasteiger charge is 2.22. The number of likely N-dealkylation sites (N-methyl/N-ethyl adjacent to an activating group) is 1. The van der Waals surface area contributed by atoms with Gasteiger partial charge in [0.2, 0.25) is 0 Å². The van der Waals surface area contributed by atoms with Gasteiger partial charge in [-0.2, -0.15) is 0 Å². The van der Waals surface area contributed by atoms with E-state index in [0.717, 1.165) is 26.3 Å². The van der Waals surface area contributed by atoms with Crippen molar-refractivity contribution < 1.29 is 4.74 Å². The highest BCUT2D eigenvalue weighted by molar-refractivity contribution is 4.79. The van der Waals surface area contributed by atoms with E-state index in [2.05, 4.69) is 38.0 Å². The van der Waals surface area contributed by atoms with E-state index in [1.807, 2.05) is 0 Å². The molecule has 0 aromatic rings. The van der Waals surface area contributed by atoms with Crippen LogP contribution in [0.4, 0.5) is 0 Å². The van der Waals surface area contributed by atoms with Gasteiger partial charge in [0.1, 0.15) is 0 Å². The van der Waals surface area contributed by atoms with Crippen molar-refractivity contribution in [2.45, 2.75) is 52.1 Å². The van der Waals surface area contributed by atoms with Crippen molar-refractivity contribution in [3.05, 3.63) is 0 Å². The van der Waals surface area contributed by atoms with E-state index in [4.69, 9.17) is 4.74 Å². The van der Waals surface area contributed by atoms with Crippen molar-refractivity contribution in [2.75, 3.05) is 33.4 Å². The average Bonchev–Trinajstić information content (AvgIpc) is 2.35. The van der Waals surface area contributed by atoms with E-state index in [-0.39, 0.29) is 0 Å². The SMILES string of the molecule is CCCNC(CN(C)C1CCOCC1)C(C)C. The molecule has 0 radical (unpaired) electrons. The molecule has 1 fully saturated rings. The van der Waals surface area contributed by atoms with E-state index in [9.17, 15) is 0 Å². The monoisotopic (exact) mass is 242 g/mol. The molecular weight excluding hydrogens is 212 g/mol. The van der Waals surface area contributed by atoms with Gasteiger partial charge in [-0.25, -0.2) is 0 Å². The van der Waals surface area contributed by atoms with E-state index in [0.29, 0.717) is 18.0 Å². The van der Waals surface area contributed by atoms with Gasteiger partial charge in [-0.3, -0.25) is 0 Å². The molecule has 17 heavy (non-hydrogen) atoms. The zero-order valence-corrected chi connectivity index (χ0v) is 12.0. The fraction of sp³-hybridized carbons (Fsp3) is 1.00. The zero-order valence-electron chi connectivity index (χ0n) is 12.0. The third-order valence-electron chi connectivity index (χ3n) is 3.76. The molecule has 3 heteroatoms. The van der Waals surface area contributed by atoms with Crippen LogP contribution in [0, 0.1) is 5.92 Å². The molecule has 0 aliphatic carbocycles. The van der Waals surface area contributed by atoms with Crippen molar-refractivity contribution in [3.63, 3.8) is 0 Å². The maximum atomic E-state index is 5.42. The van der Waals surface area contributed by atoms with Gasteiger partial charge < -0.3 is 15.0 Å². The molecule has 1 N–H and O–H groups in total. The molecule has 0 amide bonds. The first-order valence-electron chi connectivity index (χ1n) is 7.16. The summed E-state index contributed by atoms with van der Waals surface area (Å²) in [6.07, 6.45) is 3.59. The summed E-state index contributed by atoms with van der Waals surface area (Å²) in [6.45, 7) is 11.0. The quantitative estimate of drug-likeness (QED) is 0.740. The van der Waals surface area contributed by atoms with Gasteiger partial charge in [-0.05, 0) is 38.8 Å². The molecule has 0 aromatic heterocycles. The molecule has 1 unspecified atom stereocenters. The lowest BCUT2D eigenvalue weighted by molar-refractivity contribution is 0.0384. The predicted octanol–water partition coefficient (Wildman–Crippen LogP) is 2.12. The largest absolute Gasteiger partial charge is 0.381 e. The van der Waals surface area contributed by atoms with Gasteiger partial charge in [0, 0.05) is 31.8 Å². The topological polar surface area (TPSA) is 24.5 Å². The Bertz CT molecular complexity index is 191. The van der Waals surface area contributed by atoms with Crippen LogP contribution in [0.15, 0.2) is 0 Å². The molecule has 1 heterocycles. The minimum Gasteiger partial charge on any atom is -0.381 e. The van der Waals surface area contributed by atoms with Crippen LogP contribution in [-0.4, -0.2) is 50.3 Å². The molecular formula is C14H30N2O. The van der Waals surface area contributed by atoms with Crippen LogP contribution in [0.5, 0.6) is 0 Å². The second kappa shape index (κ2) is 8.06.